The lowest BCUT2D eigenvalue weighted by molar-refractivity contribution is 0.0177. The first kappa shape index (κ1) is 21.2. The third kappa shape index (κ3) is 7.61. The van der Waals surface area contributed by atoms with Crippen LogP contribution in [0, 0.1) is 5.92 Å². The van der Waals surface area contributed by atoms with Gasteiger partial charge in [0.25, 0.3) is 0 Å². The number of thiophene rings is 1. The molecule has 2 N–H and O–H groups in total. The molecule has 26 heavy (non-hydrogen) atoms. The first-order valence-electron chi connectivity index (χ1n) is 9.58. The number of hydrogen-bond donors (Lipinski definition) is 2. The van der Waals surface area contributed by atoms with Gasteiger partial charge in [-0.2, -0.15) is 0 Å². The highest BCUT2D eigenvalue weighted by Gasteiger charge is 2.23. The molecule has 7 heteroatoms. The van der Waals surface area contributed by atoms with Crippen LogP contribution in [0.15, 0.2) is 22.5 Å². The molecule has 1 aromatic heterocycles. The minimum atomic E-state index is 0.354. The molecule has 0 aliphatic carbocycles. The van der Waals surface area contributed by atoms with Gasteiger partial charge in [0.05, 0.1) is 19.3 Å². The van der Waals surface area contributed by atoms with Crippen molar-refractivity contribution in [2.75, 3.05) is 59.7 Å². The van der Waals surface area contributed by atoms with Crippen LogP contribution in [0.2, 0.25) is 0 Å². The molecule has 0 saturated carbocycles. The maximum atomic E-state index is 5.62. The molecule has 1 aliphatic heterocycles. The van der Waals surface area contributed by atoms with E-state index in [0.29, 0.717) is 12.0 Å². The number of hydrogen-bond acceptors (Lipinski definition) is 5. The summed E-state index contributed by atoms with van der Waals surface area (Å²) in [5, 5.41) is 9.01. The van der Waals surface area contributed by atoms with Crippen LogP contribution in [0.4, 0.5) is 0 Å². The third-order valence-corrected chi connectivity index (χ3v) is 5.23. The highest BCUT2D eigenvalue weighted by atomic mass is 32.1. The van der Waals surface area contributed by atoms with E-state index in [1.165, 1.54) is 4.88 Å². The Bertz CT molecular complexity index is 502. The first-order valence-corrected chi connectivity index (χ1v) is 10.5. The van der Waals surface area contributed by atoms with Crippen molar-refractivity contribution in [3.05, 3.63) is 22.4 Å². The van der Waals surface area contributed by atoms with Gasteiger partial charge in [-0.1, -0.05) is 19.9 Å². The largest absolute Gasteiger partial charge is 0.381 e. The molecule has 2 heterocycles. The van der Waals surface area contributed by atoms with E-state index in [1.54, 1.807) is 0 Å². The minimum Gasteiger partial charge on any atom is -0.381 e. The molecule has 148 valence electrons. The third-order valence-electron chi connectivity index (χ3n) is 4.25. The van der Waals surface area contributed by atoms with Gasteiger partial charge in [-0.3, -0.25) is 9.89 Å². The lowest BCUT2D eigenvalue weighted by Crippen LogP contribution is -2.46. The van der Waals surface area contributed by atoms with Crippen molar-refractivity contribution >= 4 is 17.3 Å². The van der Waals surface area contributed by atoms with Gasteiger partial charge in [0.2, 0.25) is 0 Å². The van der Waals surface area contributed by atoms with E-state index < -0.39 is 0 Å². The van der Waals surface area contributed by atoms with Crippen LogP contribution in [-0.2, 0) is 9.47 Å². The Hall–Kier alpha value is -1.15. The summed E-state index contributed by atoms with van der Waals surface area (Å²) in [7, 11) is 1.82. The molecule has 1 saturated heterocycles. The smallest absolute Gasteiger partial charge is 0.191 e. The van der Waals surface area contributed by atoms with Crippen molar-refractivity contribution in [2.24, 2.45) is 10.9 Å². The fraction of sp³-hybridized carbons (Fsp3) is 0.737. The van der Waals surface area contributed by atoms with Crippen molar-refractivity contribution in [3.63, 3.8) is 0 Å². The van der Waals surface area contributed by atoms with Gasteiger partial charge in [-0.15, -0.1) is 11.3 Å². The van der Waals surface area contributed by atoms with Gasteiger partial charge < -0.3 is 20.1 Å². The molecule has 0 radical (unpaired) electrons. The van der Waals surface area contributed by atoms with Crippen LogP contribution in [0.25, 0.3) is 0 Å². The topological polar surface area (TPSA) is 58.1 Å². The Morgan fingerprint density at radius 3 is 2.81 bits per heavy atom. The highest BCUT2D eigenvalue weighted by molar-refractivity contribution is 7.10. The van der Waals surface area contributed by atoms with Crippen molar-refractivity contribution in [2.45, 2.75) is 26.3 Å². The maximum Gasteiger partial charge on any atom is 0.191 e. The zero-order valence-electron chi connectivity index (χ0n) is 16.4. The quantitative estimate of drug-likeness (QED) is 0.370. The summed E-state index contributed by atoms with van der Waals surface area (Å²) in [6.45, 7) is 11.2. The number of aliphatic imine (C=N–C) groups is 1. The fourth-order valence-electron chi connectivity index (χ4n) is 2.89. The molecule has 0 aromatic carbocycles. The van der Waals surface area contributed by atoms with E-state index in [9.17, 15) is 0 Å². The second kappa shape index (κ2) is 12.3. The molecular formula is C19H34N4O2S. The van der Waals surface area contributed by atoms with Crippen LogP contribution in [0.5, 0.6) is 0 Å². The van der Waals surface area contributed by atoms with Gasteiger partial charge in [0, 0.05) is 51.3 Å². The summed E-state index contributed by atoms with van der Waals surface area (Å²) < 4.78 is 11.1. The number of ether oxygens (including phenoxy) is 2. The predicted molar refractivity (Wildman–Crippen MR) is 109 cm³/mol. The SMILES string of the molecule is CN=C(NCCCOCC(C)C)NCC(c1cccs1)N1CCOCC1. The van der Waals surface area contributed by atoms with Crippen molar-refractivity contribution in [1.82, 2.24) is 15.5 Å². The summed E-state index contributed by atoms with van der Waals surface area (Å²) in [5.74, 6) is 1.44. The number of morpholine rings is 1. The van der Waals surface area contributed by atoms with E-state index in [0.717, 1.165) is 65.0 Å². The molecule has 0 amide bonds. The van der Waals surface area contributed by atoms with Crippen molar-refractivity contribution < 1.29 is 9.47 Å². The molecule has 1 atom stereocenters. The second-order valence-corrected chi connectivity index (χ2v) is 7.86. The number of rotatable bonds is 10. The second-order valence-electron chi connectivity index (χ2n) is 6.88. The molecule has 1 unspecified atom stereocenters. The molecule has 0 bridgehead atoms. The molecule has 1 aliphatic rings. The summed E-state index contributed by atoms with van der Waals surface area (Å²) in [6.07, 6.45) is 0.977. The molecule has 2 rings (SSSR count). The number of nitrogens with one attached hydrogen (secondary N) is 2. The molecule has 1 aromatic rings. The van der Waals surface area contributed by atoms with Gasteiger partial charge in [-0.05, 0) is 23.8 Å². The van der Waals surface area contributed by atoms with Gasteiger partial charge in [0.15, 0.2) is 5.96 Å². The van der Waals surface area contributed by atoms with E-state index in [1.807, 2.05) is 18.4 Å². The zero-order valence-corrected chi connectivity index (χ0v) is 17.2. The summed E-state index contributed by atoms with van der Waals surface area (Å²) in [6, 6.07) is 4.69. The maximum absolute atomic E-state index is 5.62. The van der Waals surface area contributed by atoms with E-state index in [-0.39, 0.29) is 0 Å². The Kier molecular flexibility index (Phi) is 9.99. The lowest BCUT2D eigenvalue weighted by Gasteiger charge is -2.34. The highest BCUT2D eigenvalue weighted by Crippen LogP contribution is 2.25. The minimum absolute atomic E-state index is 0.354. The lowest BCUT2D eigenvalue weighted by atomic mass is 10.2. The van der Waals surface area contributed by atoms with Gasteiger partial charge in [-0.25, -0.2) is 0 Å². The van der Waals surface area contributed by atoms with Crippen LogP contribution in [0.3, 0.4) is 0 Å². The normalized spacial score (nSPS) is 17.5. The average Bonchev–Trinajstić information content (AvgIpc) is 3.18. The zero-order chi connectivity index (χ0) is 18.6. The molecule has 0 spiro atoms. The predicted octanol–water partition coefficient (Wildman–Crippen LogP) is 2.35. The average molecular weight is 383 g/mol. The summed E-state index contributed by atoms with van der Waals surface area (Å²) >= 11 is 1.81. The fourth-order valence-corrected chi connectivity index (χ4v) is 3.75. The number of guanidine groups is 1. The van der Waals surface area contributed by atoms with E-state index in [4.69, 9.17) is 9.47 Å². The first-order chi connectivity index (χ1) is 12.7. The van der Waals surface area contributed by atoms with E-state index >= 15 is 0 Å². The Morgan fingerprint density at radius 2 is 2.15 bits per heavy atom. The van der Waals surface area contributed by atoms with Gasteiger partial charge in [0.1, 0.15) is 0 Å². The van der Waals surface area contributed by atoms with Crippen LogP contribution in [0.1, 0.15) is 31.2 Å². The van der Waals surface area contributed by atoms with Gasteiger partial charge >= 0.3 is 0 Å². The van der Waals surface area contributed by atoms with Crippen LogP contribution < -0.4 is 10.6 Å². The molecule has 1 fully saturated rings. The van der Waals surface area contributed by atoms with Crippen LogP contribution >= 0.6 is 11.3 Å². The molecule has 6 nitrogen and oxygen atoms in total. The summed E-state index contributed by atoms with van der Waals surface area (Å²) in [5.41, 5.74) is 0. The monoisotopic (exact) mass is 382 g/mol. The van der Waals surface area contributed by atoms with Crippen LogP contribution in [-0.4, -0.2) is 70.5 Å². The summed E-state index contributed by atoms with van der Waals surface area (Å²) in [4.78, 5) is 8.23. The van der Waals surface area contributed by atoms with Crippen molar-refractivity contribution in [1.29, 1.82) is 0 Å². The number of nitrogens with zero attached hydrogens (tertiary/aromatic N) is 2. The molecular weight excluding hydrogens is 348 g/mol. The Balaban J connectivity index is 1.75. The standard InChI is InChI=1S/C19H34N4O2S/c1-16(2)15-25-10-5-7-21-19(20-3)22-14-17(18-6-4-13-26-18)23-8-11-24-12-9-23/h4,6,13,16-17H,5,7-12,14-15H2,1-3H3,(H2,20,21,22). The van der Waals surface area contributed by atoms with E-state index in [2.05, 4.69) is 51.9 Å². The Morgan fingerprint density at radius 1 is 1.35 bits per heavy atom. The Labute approximate surface area is 162 Å². The van der Waals surface area contributed by atoms with Crippen molar-refractivity contribution in [3.8, 4) is 0 Å².